The van der Waals surface area contributed by atoms with E-state index >= 15 is 0 Å². The van der Waals surface area contributed by atoms with Gasteiger partial charge in [-0.2, -0.15) is 5.10 Å². The molecule has 164 valence electrons. The molecule has 0 aliphatic carbocycles. The number of hydrazone groups is 1. The van der Waals surface area contributed by atoms with Crippen LogP contribution in [0.2, 0.25) is 5.02 Å². The lowest BCUT2D eigenvalue weighted by atomic mass is 10.00. The van der Waals surface area contributed by atoms with Crippen LogP contribution in [0.5, 0.6) is 5.75 Å². The second-order valence-corrected chi connectivity index (χ2v) is 8.42. The summed E-state index contributed by atoms with van der Waals surface area (Å²) in [7, 11) is 6.00. The normalized spacial score (nSPS) is 15.4. The molecule has 2 aromatic carbocycles. The number of nitrogens with zero attached hydrogens (tertiary/aromatic N) is 5. The molecule has 1 atom stereocenters. The molecule has 1 aliphatic rings. The zero-order chi connectivity index (χ0) is 22.7. The van der Waals surface area contributed by atoms with Crippen LogP contribution in [0.1, 0.15) is 17.0 Å². The van der Waals surface area contributed by atoms with E-state index in [2.05, 4.69) is 43.3 Å². The van der Waals surface area contributed by atoms with Gasteiger partial charge < -0.3 is 15.0 Å². The van der Waals surface area contributed by atoms with Crippen LogP contribution in [0.15, 0.2) is 41.6 Å². The molecular formula is C24H25ClN6O. The largest absolute Gasteiger partial charge is 0.492 e. The van der Waals surface area contributed by atoms with Gasteiger partial charge in [0.15, 0.2) is 0 Å². The van der Waals surface area contributed by atoms with Crippen molar-refractivity contribution in [1.29, 1.82) is 0 Å². The smallest absolute Gasteiger partial charge is 0.227 e. The summed E-state index contributed by atoms with van der Waals surface area (Å²) >= 11 is 6.39. The number of benzene rings is 2. The monoisotopic (exact) mass is 448 g/mol. The van der Waals surface area contributed by atoms with E-state index in [0.29, 0.717) is 28.7 Å². The lowest BCUT2D eigenvalue weighted by Gasteiger charge is -2.16. The fourth-order valence-corrected chi connectivity index (χ4v) is 3.75. The van der Waals surface area contributed by atoms with Crippen LogP contribution < -0.4 is 10.1 Å². The predicted octanol–water partition coefficient (Wildman–Crippen LogP) is 3.96. The summed E-state index contributed by atoms with van der Waals surface area (Å²) in [6.07, 6.45) is 9.17. The maximum absolute atomic E-state index is 6.39. The summed E-state index contributed by atoms with van der Waals surface area (Å²) in [5.74, 6) is 4.01. The third kappa shape index (κ3) is 5.10. The minimum atomic E-state index is 0.187. The van der Waals surface area contributed by atoms with Crippen LogP contribution >= 0.6 is 11.6 Å². The Morgan fingerprint density at radius 2 is 2.12 bits per heavy atom. The molecule has 1 N–H and O–H groups in total. The molecule has 0 radical (unpaired) electrons. The van der Waals surface area contributed by atoms with Gasteiger partial charge >= 0.3 is 0 Å². The maximum atomic E-state index is 6.39. The maximum Gasteiger partial charge on any atom is 0.227 e. The molecule has 8 heteroatoms. The molecule has 32 heavy (non-hydrogen) atoms. The zero-order valence-corrected chi connectivity index (χ0v) is 19.1. The van der Waals surface area contributed by atoms with Crippen molar-refractivity contribution in [1.82, 2.24) is 19.9 Å². The van der Waals surface area contributed by atoms with Crippen LogP contribution in [-0.2, 0) is 0 Å². The van der Waals surface area contributed by atoms with Gasteiger partial charge in [-0.1, -0.05) is 17.5 Å². The summed E-state index contributed by atoms with van der Waals surface area (Å²) < 4.78 is 6.02. The molecule has 0 fully saturated rings. The van der Waals surface area contributed by atoms with Crippen molar-refractivity contribution in [3.8, 4) is 18.1 Å². The highest BCUT2D eigenvalue weighted by Crippen LogP contribution is 2.30. The Morgan fingerprint density at radius 3 is 2.84 bits per heavy atom. The first-order chi connectivity index (χ1) is 15.4. The highest BCUT2D eigenvalue weighted by molar-refractivity contribution is 6.35. The Labute approximate surface area is 193 Å². The zero-order valence-electron chi connectivity index (χ0n) is 18.3. The second kappa shape index (κ2) is 9.43. The number of terminal acetylenes is 1. The van der Waals surface area contributed by atoms with Crippen molar-refractivity contribution in [3.63, 3.8) is 0 Å². The fraction of sp³-hybridized carbons (Fsp3) is 0.292. The molecule has 0 amide bonds. The van der Waals surface area contributed by atoms with E-state index in [1.807, 2.05) is 44.5 Å². The highest BCUT2D eigenvalue weighted by Gasteiger charge is 2.19. The first-order valence-electron chi connectivity index (χ1n) is 10.3. The van der Waals surface area contributed by atoms with Crippen molar-refractivity contribution >= 4 is 40.4 Å². The number of aromatic nitrogens is 2. The topological polar surface area (TPSA) is 65.9 Å². The van der Waals surface area contributed by atoms with Gasteiger partial charge in [-0.25, -0.2) is 9.97 Å². The Bertz CT molecular complexity index is 1200. The lowest BCUT2D eigenvalue weighted by molar-refractivity contribution is 0.261. The van der Waals surface area contributed by atoms with E-state index in [1.165, 1.54) is 0 Å². The van der Waals surface area contributed by atoms with Crippen molar-refractivity contribution in [2.24, 2.45) is 5.10 Å². The van der Waals surface area contributed by atoms with Crippen molar-refractivity contribution in [2.75, 3.05) is 46.2 Å². The van der Waals surface area contributed by atoms with E-state index in [-0.39, 0.29) is 5.92 Å². The summed E-state index contributed by atoms with van der Waals surface area (Å²) in [6, 6.07) is 9.67. The Kier molecular flexibility index (Phi) is 6.45. The summed E-state index contributed by atoms with van der Waals surface area (Å²) in [4.78, 5) is 11.1. The minimum absolute atomic E-state index is 0.187. The van der Waals surface area contributed by atoms with E-state index in [0.717, 1.165) is 35.5 Å². The van der Waals surface area contributed by atoms with Gasteiger partial charge in [0.25, 0.3) is 0 Å². The number of halogens is 1. The van der Waals surface area contributed by atoms with Gasteiger partial charge in [0.1, 0.15) is 12.4 Å². The number of ether oxygens (including phenoxy) is 1. The standard InChI is InChI=1S/C24H25ClN6O/c1-5-16-8-18-13-26-24(29-23(18)22(25)9-16)28-20-10-17(19-14-27-31(4)15-19)11-21(12-20)32-7-6-30(2)3/h1,8-14,19H,6-7,15H2,2-4H3,(H,26,28,29). The molecule has 0 saturated heterocycles. The van der Waals surface area contributed by atoms with Gasteiger partial charge in [0, 0.05) is 61.2 Å². The number of hydrogen-bond acceptors (Lipinski definition) is 7. The summed E-state index contributed by atoms with van der Waals surface area (Å²) in [6.45, 7) is 2.24. The molecule has 0 saturated carbocycles. The number of likely N-dealkylation sites (N-methyl/N-ethyl adjacent to an activating group) is 2. The molecule has 1 aromatic heterocycles. The summed E-state index contributed by atoms with van der Waals surface area (Å²) in [5.41, 5.74) is 3.29. The molecule has 0 spiro atoms. The number of nitrogens with one attached hydrogen (secondary N) is 1. The quantitative estimate of drug-likeness (QED) is 0.552. The third-order valence-corrected chi connectivity index (χ3v) is 5.42. The number of fused-ring (bicyclic) bond motifs is 1. The van der Waals surface area contributed by atoms with Crippen molar-refractivity contribution in [3.05, 3.63) is 52.7 Å². The first kappa shape index (κ1) is 21.9. The lowest BCUT2D eigenvalue weighted by Crippen LogP contribution is -2.19. The van der Waals surface area contributed by atoms with Gasteiger partial charge in [-0.3, -0.25) is 5.01 Å². The summed E-state index contributed by atoms with van der Waals surface area (Å²) in [5, 5.41) is 10.9. The Morgan fingerprint density at radius 1 is 1.28 bits per heavy atom. The van der Waals surface area contributed by atoms with Crippen molar-refractivity contribution in [2.45, 2.75) is 5.92 Å². The minimum Gasteiger partial charge on any atom is -0.492 e. The molecule has 2 heterocycles. The van der Waals surface area contributed by atoms with Crippen molar-refractivity contribution < 1.29 is 4.74 Å². The van der Waals surface area contributed by atoms with Crippen LogP contribution in [0.4, 0.5) is 11.6 Å². The molecule has 4 rings (SSSR count). The Balaban J connectivity index is 1.63. The predicted molar refractivity (Wildman–Crippen MR) is 130 cm³/mol. The van der Waals surface area contributed by atoms with Gasteiger partial charge in [-0.05, 0) is 43.9 Å². The van der Waals surface area contributed by atoms with Crippen LogP contribution in [0.25, 0.3) is 10.9 Å². The van der Waals surface area contributed by atoms with E-state index in [9.17, 15) is 0 Å². The SMILES string of the molecule is C#Cc1cc(Cl)c2nc(Nc3cc(OCCN(C)C)cc(C4C=NN(C)C4)c3)ncc2c1. The molecule has 7 nitrogen and oxygen atoms in total. The first-order valence-corrected chi connectivity index (χ1v) is 10.7. The third-order valence-electron chi connectivity index (χ3n) is 5.13. The highest BCUT2D eigenvalue weighted by atomic mass is 35.5. The molecular weight excluding hydrogens is 424 g/mol. The number of anilines is 2. The van der Waals surface area contributed by atoms with Gasteiger partial charge in [0.2, 0.25) is 5.95 Å². The van der Waals surface area contributed by atoms with Crippen LogP contribution in [-0.4, -0.2) is 66.9 Å². The van der Waals surface area contributed by atoms with Crippen LogP contribution in [0.3, 0.4) is 0 Å². The Hall–Kier alpha value is -3.34. The molecule has 3 aromatic rings. The number of rotatable bonds is 7. The van der Waals surface area contributed by atoms with Gasteiger partial charge in [-0.15, -0.1) is 6.42 Å². The average Bonchev–Trinajstić information content (AvgIpc) is 3.20. The van der Waals surface area contributed by atoms with E-state index in [4.69, 9.17) is 22.8 Å². The number of hydrogen-bond donors (Lipinski definition) is 1. The molecule has 0 bridgehead atoms. The fourth-order valence-electron chi connectivity index (χ4n) is 3.48. The average molecular weight is 449 g/mol. The molecule has 1 unspecified atom stereocenters. The van der Waals surface area contributed by atoms with Crippen LogP contribution in [0, 0.1) is 12.3 Å². The molecule has 1 aliphatic heterocycles. The van der Waals surface area contributed by atoms with E-state index in [1.54, 1.807) is 12.3 Å². The van der Waals surface area contributed by atoms with Gasteiger partial charge in [0.05, 0.1) is 10.5 Å². The second-order valence-electron chi connectivity index (χ2n) is 8.01. The van der Waals surface area contributed by atoms with E-state index < -0.39 is 0 Å².